The van der Waals surface area contributed by atoms with Crippen LogP contribution in [0.1, 0.15) is 33.5 Å². The van der Waals surface area contributed by atoms with E-state index in [1.54, 1.807) is 19.3 Å². The van der Waals surface area contributed by atoms with E-state index < -0.39 is 0 Å². The average molecular weight is 393 g/mol. The molecule has 2 aromatic rings. The fourth-order valence-corrected chi connectivity index (χ4v) is 3.52. The second kappa shape index (κ2) is 8.97. The molecular weight excluding hydrogens is 366 g/mol. The van der Waals surface area contributed by atoms with Gasteiger partial charge in [0.15, 0.2) is 5.78 Å². The summed E-state index contributed by atoms with van der Waals surface area (Å²) in [7, 11) is 5.07. The Morgan fingerprint density at radius 2 is 1.93 bits per heavy atom. The number of nitrogens with zero attached hydrogens (tertiary/aromatic N) is 1. The van der Waals surface area contributed by atoms with Crippen molar-refractivity contribution in [3.05, 3.63) is 64.7 Å². The lowest BCUT2D eigenvalue weighted by Gasteiger charge is -2.24. The van der Waals surface area contributed by atoms with Gasteiger partial charge >= 0.3 is 0 Å². The highest BCUT2D eigenvalue weighted by Crippen LogP contribution is 2.44. The second-order valence-corrected chi connectivity index (χ2v) is 7.23. The number of hydrogen-bond acceptors (Lipinski definition) is 5. The molecule has 0 saturated heterocycles. The highest BCUT2D eigenvalue weighted by molar-refractivity contribution is 6.11. The minimum absolute atomic E-state index is 0.101. The zero-order valence-corrected chi connectivity index (χ0v) is 17.4. The number of aryl methyl sites for hydroxylation is 1. The molecule has 0 aliphatic carbocycles. The van der Waals surface area contributed by atoms with Crippen LogP contribution in [0.2, 0.25) is 0 Å². The number of phenolic OH excluding ortho intramolecular Hbond substituents is 1. The first-order valence-corrected chi connectivity index (χ1v) is 9.59. The number of allylic oxidation sites excluding steroid dienone is 1. The predicted molar refractivity (Wildman–Crippen MR) is 116 cm³/mol. The number of carbonyl (C=O) groups is 1. The van der Waals surface area contributed by atoms with Crippen LogP contribution in [0.25, 0.3) is 11.6 Å². The lowest BCUT2D eigenvalue weighted by molar-refractivity contribution is 0.104. The van der Waals surface area contributed by atoms with Crippen molar-refractivity contribution in [2.24, 2.45) is 0 Å². The highest BCUT2D eigenvalue weighted by atomic mass is 16.5. The first-order chi connectivity index (χ1) is 13.9. The minimum atomic E-state index is -0.321. The summed E-state index contributed by atoms with van der Waals surface area (Å²) in [6.45, 7) is 3.65. The first kappa shape index (κ1) is 20.7. The summed E-state index contributed by atoms with van der Waals surface area (Å²) in [4.78, 5) is 15.2. The van der Waals surface area contributed by atoms with Crippen molar-refractivity contribution in [1.82, 2.24) is 4.90 Å². The van der Waals surface area contributed by atoms with E-state index in [1.807, 2.05) is 38.2 Å². The van der Waals surface area contributed by atoms with Gasteiger partial charge in [0.05, 0.1) is 19.8 Å². The Morgan fingerprint density at radius 3 is 2.55 bits per heavy atom. The van der Waals surface area contributed by atoms with E-state index >= 15 is 0 Å². The van der Waals surface area contributed by atoms with Crippen LogP contribution in [0.5, 0.6) is 17.2 Å². The normalized spacial score (nSPS) is 14.7. The number of hydrogen-bond donors (Lipinski definition) is 1. The van der Waals surface area contributed by atoms with E-state index in [9.17, 15) is 9.90 Å². The summed E-state index contributed by atoms with van der Waals surface area (Å²) in [5.41, 5.74) is 3.71. The predicted octanol–water partition coefficient (Wildman–Crippen LogP) is 4.33. The number of rotatable bonds is 6. The Kier molecular flexibility index (Phi) is 6.39. The van der Waals surface area contributed by atoms with Crippen LogP contribution >= 0.6 is 0 Å². The molecule has 0 unspecified atom stereocenters. The molecule has 1 N–H and O–H groups in total. The van der Waals surface area contributed by atoms with E-state index in [4.69, 9.17) is 9.47 Å². The van der Waals surface area contributed by atoms with Crippen molar-refractivity contribution in [3.63, 3.8) is 0 Å². The molecule has 0 saturated carbocycles. The molecule has 1 aliphatic rings. The van der Waals surface area contributed by atoms with Gasteiger partial charge in [0.1, 0.15) is 22.8 Å². The molecule has 3 rings (SSSR count). The van der Waals surface area contributed by atoms with E-state index in [-0.39, 0.29) is 22.8 Å². The maximum atomic E-state index is 13.0. The van der Waals surface area contributed by atoms with Crippen LogP contribution in [0, 0.1) is 6.92 Å². The number of aromatic hydroxyl groups is 1. The van der Waals surface area contributed by atoms with Crippen LogP contribution < -0.4 is 9.47 Å². The topological polar surface area (TPSA) is 59.0 Å². The highest BCUT2D eigenvalue weighted by Gasteiger charge is 2.26. The summed E-state index contributed by atoms with van der Waals surface area (Å²) in [5.74, 6) is 0.360. The van der Waals surface area contributed by atoms with E-state index in [1.165, 1.54) is 13.2 Å². The number of benzene rings is 2. The Hall–Kier alpha value is -3.05. The SMILES string of the molecule is COc1cc(OC)c(C2=CCN(C)CC2)c(O)c1C(=O)/C=C/c1cccc(C)c1. The number of methoxy groups -OCH3 is 2. The monoisotopic (exact) mass is 393 g/mol. The molecule has 5 nitrogen and oxygen atoms in total. The molecule has 0 amide bonds. The van der Waals surface area contributed by atoms with E-state index in [0.717, 1.165) is 36.2 Å². The third kappa shape index (κ3) is 4.51. The van der Waals surface area contributed by atoms with Crippen LogP contribution in [0.15, 0.2) is 42.5 Å². The fourth-order valence-electron chi connectivity index (χ4n) is 3.52. The third-order valence-corrected chi connectivity index (χ3v) is 5.12. The molecule has 5 heteroatoms. The second-order valence-electron chi connectivity index (χ2n) is 7.23. The van der Waals surface area contributed by atoms with Crippen molar-refractivity contribution in [2.75, 3.05) is 34.4 Å². The van der Waals surface area contributed by atoms with Gasteiger partial charge in [-0.1, -0.05) is 42.0 Å². The van der Waals surface area contributed by atoms with Crippen molar-refractivity contribution < 1.29 is 19.4 Å². The van der Waals surface area contributed by atoms with E-state index in [2.05, 4.69) is 11.0 Å². The van der Waals surface area contributed by atoms with E-state index in [0.29, 0.717) is 11.3 Å². The maximum absolute atomic E-state index is 13.0. The third-order valence-electron chi connectivity index (χ3n) is 5.12. The van der Waals surface area contributed by atoms with Gasteiger partial charge in [0, 0.05) is 19.2 Å². The standard InChI is InChI=1S/C24H27NO4/c1-16-6-5-7-17(14-16)8-9-19(26)23-21(29-4)15-20(28-3)22(24(23)27)18-10-12-25(2)13-11-18/h5-10,14-15,27H,11-13H2,1-4H3/b9-8+. The molecule has 2 aromatic carbocycles. The Labute approximate surface area is 171 Å². The van der Waals surface area contributed by atoms with Crippen LogP contribution in [0.4, 0.5) is 0 Å². The smallest absolute Gasteiger partial charge is 0.193 e. The summed E-state index contributed by atoms with van der Waals surface area (Å²) in [6, 6.07) is 9.52. The van der Waals surface area contributed by atoms with Crippen LogP contribution in [-0.2, 0) is 0 Å². The zero-order chi connectivity index (χ0) is 21.0. The average Bonchev–Trinajstić information content (AvgIpc) is 2.72. The molecule has 0 fully saturated rings. The Balaban J connectivity index is 2.05. The molecule has 0 radical (unpaired) electrons. The van der Waals surface area contributed by atoms with Crippen LogP contribution in [-0.4, -0.2) is 50.1 Å². The Bertz CT molecular complexity index is 975. The summed E-state index contributed by atoms with van der Waals surface area (Å²) < 4.78 is 10.9. The van der Waals surface area contributed by atoms with Gasteiger partial charge in [-0.05, 0) is 37.6 Å². The molecule has 0 atom stereocenters. The summed E-state index contributed by atoms with van der Waals surface area (Å²) in [6.07, 6.45) is 6.03. The molecular formula is C24H27NO4. The molecule has 29 heavy (non-hydrogen) atoms. The van der Waals surface area contributed by atoms with Crippen molar-refractivity contribution in [1.29, 1.82) is 0 Å². The fraction of sp³-hybridized carbons (Fsp3) is 0.292. The number of phenols is 1. The van der Waals surface area contributed by atoms with Crippen LogP contribution in [0.3, 0.4) is 0 Å². The van der Waals surface area contributed by atoms with Gasteiger partial charge < -0.3 is 19.5 Å². The van der Waals surface area contributed by atoms with Gasteiger partial charge in [0.25, 0.3) is 0 Å². The number of ether oxygens (including phenoxy) is 2. The summed E-state index contributed by atoms with van der Waals surface area (Å²) in [5, 5.41) is 11.1. The molecule has 1 aliphatic heterocycles. The first-order valence-electron chi connectivity index (χ1n) is 9.59. The van der Waals surface area contributed by atoms with Gasteiger partial charge in [0.2, 0.25) is 0 Å². The Morgan fingerprint density at radius 1 is 1.17 bits per heavy atom. The lowest BCUT2D eigenvalue weighted by Crippen LogP contribution is -2.23. The summed E-state index contributed by atoms with van der Waals surface area (Å²) >= 11 is 0. The maximum Gasteiger partial charge on any atom is 0.193 e. The zero-order valence-electron chi connectivity index (χ0n) is 17.4. The molecule has 152 valence electrons. The number of carbonyl (C=O) groups excluding carboxylic acids is 1. The molecule has 0 spiro atoms. The van der Waals surface area contributed by atoms with Crippen molar-refractivity contribution in [2.45, 2.75) is 13.3 Å². The van der Waals surface area contributed by atoms with Gasteiger partial charge in [-0.2, -0.15) is 0 Å². The lowest BCUT2D eigenvalue weighted by atomic mass is 9.93. The minimum Gasteiger partial charge on any atom is -0.506 e. The number of ketones is 1. The van der Waals surface area contributed by atoms with Gasteiger partial charge in [-0.3, -0.25) is 4.79 Å². The largest absolute Gasteiger partial charge is 0.506 e. The van der Waals surface area contributed by atoms with Gasteiger partial charge in [-0.25, -0.2) is 0 Å². The van der Waals surface area contributed by atoms with Gasteiger partial charge in [-0.15, -0.1) is 0 Å². The van der Waals surface area contributed by atoms with Crippen molar-refractivity contribution in [3.8, 4) is 17.2 Å². The molecule has 1 heterocycles. The molecule has 0 bridgehead atoms. The molecule has 0 aromatic heterocycles. The van der Waals surface area contributed by atoms with Crippen molar-refractivity contribution >= 4 is 17.4 Å². The number of likely N-dealkylation sites (N-methyl/N-ethyl adjacent to an activating group) is 1. The quantitative estimate of drug-likeness (QED) is 0.585.